The number of nitrogen functional groups attached to an aromatic ring is 1. The number of nitrogens with zero attached hydrogens (tertiary/aromatic N) is 6. The van der Waals surface area contributed by atoms with Crippen LogP contribution in [0, 0.1) is 0 Å². The monoisotopic (exact) mass is 997 g/mol. The van der Waals surface area contributed by atoms with Crippen LogP contribution in [-0.4, -0.2) is 200 Å². The Morgan fingerprint density at radius 3 is 1.90 bits per heavy atom. The van der Waals surface area contributed by atoms with Crippen LogP contribution in [0.1, 0.15) is 69.4 Å². The van der Waals surface area contributed by atoms with Crippen LogP contribution < -0.4 is 37.9 Å². The maximum absolute atomic E-state index is 12.9. The van der Waals surface area contributed by atoms with E-state index >= 15 is 0 Å². The maximum Gasteiger partial charge on any atom is 0.326 e. The van der Waals surface area contributed by atoms with Crippen molar-refractivity contribution in [3.05, 3.63) is 52.1 Å². The van der Waals surface area contributed by atoms with Gasteiger partial charge in [0.05, 0.1) is 62.5 Å². The molecule has 26 nitrogen and oxygen atoms in total. The second-order valence-electron chi connectivity index (χ2n) is 18.1. The van der Waals surface area contributed by atoms with E-state index in [-0.39, 0.29) is 113 Å². The first-order valence-electron chi connectivity index (χ1n) is 23.1. The molecule has 71 heavy (non-hydrogen) atoms. The number of carbonyl (C=O) groups excluding carboxylic acids is 4. The summed E-state index contributed by atoms with van der Waals surface area (Å²) in [4.78, 5) is 118. The number of fused-ring (bicyclic) bond motifs is 1. The number of carbonyl (C=O) groups is 7. The molecule has 3 heterocycles. The Morgan fingerprint density at radius 2 is 1.31 bits per heavy atom. The van der Waals surface area contributed by atoms with Crippen molar-refractivity contribution in [2.75, 3.05) is 103 Å². The van der Waals surface area contributed by atoms with Gasteiger partial charge in [0.25, 0.3) is 11.5 Å². The number of ether oxygens (including phenoxy) is 2. The highest BCUT2D eigenvalue weighted by Crippen LogP contribution is 2.21. The molecule has 4 amide bonds. The van der Waals surface area contributed by atoms with Crippen LogP contribution in [0.3, 0.4) is 0 Å². The van der Waals surface area contributed by atoms with Gasteiger partial charge < -0.3 is 57.1 Å². The molecule has 0 spiro atoms. The molecule has 1 fully saturated rings. The van der Waals surface area contributed by atoms with Gasteiger partial charge in [0.15, 0.2) is 11.2 Å². The van der Waals surface area contributed by atoms with Gasteiger partial charge in [-0.05, 0) is 64.8 Å². The Labute approximate surface area is 409 Å². The number of hydrogen-bond acceptors (Lipinski definition) is 18. The van der Waals surface area contributed by atoms with E-state index in [1.54, 1.807) is 21.9 Å². The second kappa shape index (κ2) is 27.5. The highest BCUT2D eigenvalue weighted by atomic mass is 16.6. The first-order valence-corrected chi connectivity index (χ1v) is 23.1. The lowest BCUT2D eigenvalue weighted by Gasteiger charge is -2.32. The fourth-order valence-electron chi connectivity index (χ4n) is 7.06. The lowest BCUT2D eigenvalue weighted by molar-refractivity contribution is -0.140. The van der Waals surface area contributed by atoms with Crippen molar-refractivity contribution >= 4 is 64.3 Å². The Morgan fingerprint density at radius 1 is 0.746 bits per heavy atom. The van der Waals surface area contributed by atoms with E-state index in [2.05, 4.69) is 46.5 Å². The molecule has 2 aromatic heterocycles. The zero-order valence-electron chi connectivity index (χ0n) is 40.6. The normalized spacial score (nSPS) is 14.6. The zero-order valence-corrected chi connectivity index (χ0v) is 40.6. The van der Waals surface area contributed by atoms with Crippen LogP contribution >= 0.6 is 0 Å². The van der Waals surface area contributed by atoms with Gasteiger partial charge in [0, 0.05) is 83.0 Å². The molecular formula is C45H67N13O13. The third-order valence-electron chi connectivity index (χ3n) is 11.1. The average Bonchev–Trinajstić information content (AvgIpc) is 3.39. The number of carboxylic acid groups (broad SMARTS) is 3. The molecule has 3 aromatic rings. The van der Waals surface area contributed by atoms with E-state index in [4.69, 9.17) is 15.2 Å². The number of amides is 4. The molecule has 1 saturated heterocycles. The number of hydrogen-bond donors (Lipinski definition) is 10. The van der Waals surface area contributed by atoms with Crippen molar-refractivity contribution in [3.8, 4) is 0 Å². The summed E-state index contributed by atoms with van der Waals surface area (Å²) in [6, 6.07) is 4.90. The summed E-state index contributed by atoms with van der Waals surface area (Å²) in [6.45, 7) is 10.4. The highest BCUT2D eigenvalue weighted by Gasteiger charge is 2.27. The summed E-state index contributed by atoms with van der Waals surface area (Å²) in [5, 5.41) is 42.1. The number of benzene rings is 1. The molecule has 1 aliphatic rings. The van der Waals surface area contributed by atoms with Crippen molar-refractivity contribution in [2.45, 2.75) is 77.2 Å². The molecule has 390 valence electrons. The molecule has 1 aromatic carbocycles. The van der Waals surface area contributed by atoms with Crippen LogP contribution in [0.4, 0.5) is 11.6 Å². The lowest BCUT2D eigenvalue weighted by atomic mass is 10.0. The third kappa shape index (κ3) is 21.3. The quantitative estimate of drug-likeness (QED) is 0.0377. The summed E-state index contributed by atoms with van der Waals surface area (Å²) in [5.41, 5.74) is 4.97. The third-order valence-corrected chi connectivity index (χ3v) is 11.1. The number of aromatic amines is 1. The Bertz CT molecular complexity index is 2340. The second-order valence-corrected chi connectivity index (χ2v) is 18.1. The molecule has 11 N–H and O–H groups in total. The number of nitrogens with one attached hydrogen (secondary N) is 6. The summed E-state index contributed by atoms with van der Waals surface area (Å²) in [6.07, 6.45) is 1.65. The predicted octanol–water partition coefficient (Wildman–Crippen LogP) is -1.32. The molecular weight excluding hydrogens is 931 g/mol. The number of anilines is 2. The fourth-order valence-corrected chi connectivity index (χ4v) is 7.06. The minimum absolute atomic E-state index is 0.0305. The van der Waals surface area contributed by atoms with Crippen LogP contribution in [0.5, 0.6) is 0 Å². The van der Waals surface area contributed by atoms with E-state index in [0.717, 1.165) is 0 Å². The largest absolute Gasteiger partial charge is 0.480 e. The van der Waals surface area contributed by atoms with Gasteiger partial charge in [0.1, 0.15) is 6.04 Å². The number of nitrogens with two attached hydrogens (primary N) is 1. The van der Waals surface area contributed by atoms with Gasteiger partial charge in [-0.3, -0.25) is 53.2 Å². The number of rotatable bonds is 28. The average molecular weight is 998 g/mol. The first kappa shape index (κ1) is 56.7. The fraction of sp³-hybridized carbons (Fsp3) is 0.578. The van der Waals surface area contributed by atoms with Crippen molar-refractivity contribution in [1.82, 2.24) is 55.9 Å². The highest BCUT2D eigenvalue weighted by molar-refractivity contribution is 5.97. The Balaban J connectivity index is 1.07. The van der Waals surface area contributed by atoms with E-state index in [1.165, 1.54) is 18.3 Å². The van der Waals surface area contributed by atoms with Crippen molar-refractivity contribution in [3.63, 3.8) is 0 Å². The number of carboxylic acids is 3. The van der Waals surface area contributed by atoms with E-state index in [1.807, 2.05) is 32.6 Å². The van der Waals surface area contributed by atoms with Gasteiger partial charge in [-0.1, -0.05) is 0 Å². The summed E-state index contributed by atoms with van der Waals surface area (Å²) >= 11 is 0. The van der Waals surface area contributed by atoms with Gasteiger partial charge >= 0.3 is 17.9 Å². The SMILES string of the molecule is CC(C)(CCC(=O)NCCNC(=O)CN1CCN(CC(=O)O)CCN(CC(=O)O)CC1)OCC(C)(C)OCCNC(=O)CCC(NC(=O)c1ccc(NCc2cnc3nc(N)[nH]c(=O)c3n2)cc1)C(=O)O. The molecule has 26 heteroatoms. The molecule has 0 aliphatic carbocycles. The van der Waals surface area contributed by atoms with E-state index < -0.39 is 52.5 Å². The summed E-state index contributed by atoms with van der Waals surface area (Å²) < 4.78 is 12.0. The van der Waals surface area contributed by atoms with Crippen molar-refractivity contribution in [1.29, 1.82) is 0 Å². The van der Waals surface area contributed by atoms with Gasteiger partial charge in [-0.2, -0.15) is 4.98 Å². The van der Waals surface area contributed by atoms with Gasteiger partial charge in [0.2, 0.25) is 23.7 Å². The first-order chi connectivity index (χ1) is 33.6. The van der Waals surface area contributed by atoms with Crippen LogP contribution in [-0.2, 0) is 44.8 Å². The summed E-state index contributed by atoms with van der Waals surface area (Å²) in [7, 11) is 0. The number of H-pyrrole nitrogens is 1. The number of aliphatic carboxylic acids is 3. The lowest BCUT2D eigenvalue weighted by Crippen LogP contribution is -2.44. The van der Waals surface area contributed by atoms with E-state index in [0.29, 0.717) is 57.1 Å². The molecule has 0 bridgehead atoms. The Hall–Kier alpha value is -6.87. The molecule has 1 aliphatic heterocycles. The number of aromatic nitrogens is 4. The van der Waals surface area contributed by atoms with Crippen LogP contribution in [0.25, 0.3) is 11.2 Å². The van der Waals surface area contributed by atoms with Crippen molar-refractivity contribution in [2.24, 2.45) is 0 Å². The summed E-state index contributed by atoms with van der Waals surface area (Å²) in [5.74, 6) is -4.93. The maximum atomic E-state index is 12.9. The molecule has 0 saturated carbocycles. The zero-order chi connectivity index (χ0) is 52.1. The standard InChI is InChI=1S/C45H67N13O13/c1-44(2,12-11-34(60)47-13-14-48-35(61)25-56-16-18-57(26-36(62)63)20-21-58(19-17-56)27-37(64)65)71-28-45(3,4)70-22-15-49-33(59)10-9-32(42(68)69)53-40(66)29-5-7-30(8-6-29)50-23-31-24-51-39-38(52-31)41(67)55-43(46)54-39/h5-8,24,32,50H,9-23,25-28H2,1-4H3,(H,47,60)(H,48,61)(H,49,59)(H,53,66)(H,62,63)(H,64,65)(H,68,69)(H3,46,51,54,55,67). The molecule has 1 atom stereocenters. The minimum Gasteiger partial charge on any atom is -0.480 e. The smallest absolute Gasteiger partial charge is 0.326 e. The van der Waals surface area contributed by atoms with Crippen LogP contribution in [0.2, 0.25) is 0 Å². The van der Waals surface area contributed by atoms with Crippen LogP contribution in [0.15, 0.2) is 35.3 Å². The van der Waals surface area contributed by atoms with Crippen molar-refractivity contribution < 1.29 is 58.4 Å². The molecule has 0 radical (unpaired) electrons. The van der Waals surface area contributed by atoms with E-state index in [9.17, 15) is 53.7 Å². The van der Waals surface area contributed by atoms with Gasteiger partial charge in [-0.15, -0.1) is 0 Å². The Kier molecular flexibility index (Phi) is 22.0. The molecule has 1 unspecified atom stereocenters. The minimum atomic E-state index is -1.33. The predicted molar refractivity (Wildman–Crippen MR) is 257 cm³/mol. The molecule has 4 rings (SSSR count). The van der Waals surface area contributed by atoms with Gasteiger partial charge in [-0.25, -0.2) is 14.8 Å². The topological polar surface area (TPSA) is 366 Å².